The minimum atomic E-state index is -3.73. The molecule has 1 amide bonds. The summed E-state index contributed by atoms with van der Waals surface area (Å²) in [4.78, 5) is 12.5. The van der Waals surface area contributed by atoms with Crippen LogP contribution in [0.3, 0.4) is 0 Å². The molecule has 9 heteroatoms. The number of aryl methyl sites for hydroxylation is 1. The number of rotatable bonds is 10. The van der Waals surface area contributed by atoms with Crippen molar-refractivity contribution in [3.63, 3.8) is 0 Å². The van der Waals surface area contributed by atoms with Gasteiger partial charge in [-0.15, -0.1) is 12.4 Å². The van der Waals surface area contributed by atoms with Gasteiger partial charge in [-0.3, -0.25) is 4.79 Å². The zero-order valence-electron chi connectivity index (χ0n) is 15.0. The molecule has 6 nitrogen and oxygen atoms in total. The zero-order valence-corrected chi connectivity index (χ0v) is 17.5. The van der Waals surface area contributed by atoms with Crippen LogP contribution < -0.4 is 15.4 Å². The van der Waals surface area contributed by atoms with Crippen LogP contribution in [-0.4, -0.2) is 52.0 Å². The Morgan fingerprint density at radius 2 is 1.84 bits per heavy atom. The lowest BCUT2D eigenvalue weighted by Crippen LogP contribution is -2.49. The third-order valence-electron chi connectivity index (χ3n) is 3.63. The number of halogens is 1. The standard InChI is InChI=1S/C16H27N3O3S2.ClH/c1-12-5-7-14(8-6-12)24(21,22)19-15(9-10-23-4)16(20)18-11-13(2)17-3;/h5-8,13,15,17,19H,9-11H2,1-4H3,(H,18,20);1H. The van der Waals surface area contributed by atoms with Crippen molar-refractivity contribution in [1.82, 2.24) is 15.4 Å². The van der Waals surface area contributed by atoms with Crippen LogP contribution in [0.15, 0.2) is 29.2 Å². The van der Waals surface area contributed by atoms with Gasteiger partial charge in [0, 0.05) is 12.6 Å². The van der Waals surface area contributed by atoms with Gasteiger partial charge < -0.3 is 10.6 Å². The van der Waals surface area contributed by atoms with E-state index in [4.69, 9.17) is 0 Å². The Balaban J connectivity index is 0.00000576. The fourth-order valence-electron chi connectivity index (χ4n) is 1.93. The Bertz CT molecular complexity index is 624. The molecule has 2 unspecified atom stereocenters. The van der Waals surface area contributed by atoms with Crippen LogP contribution in [0.25, 0.3) is 0 Å². The lowest BCUT2D eigenvalue weighted by atomic mass is 10.2. The molecule has 1 aromatic rings. The van der Waals surface area contributed by atoms with Crippen molar-refractivity contribution in [2.75, 3.05) is 25.6 Å². The highest BCUT2D eigenvalue weighted by Crippen LogP contribution is 2.12. The highest BCUT2D eigenvalue weighted by atomic mass is 35.5. The number of hydrogen-bond donors (Lipinski definition) is 3. The van der Waals surface area contributed by atoms with Crippen LogP contribution in [0, 0.1) is 6.92 Å². The molecule has 3 N–H and O–H groups in total. The van der Waals surface area contributed by atoms with Crippen LogP contribution in [0.4, 0.5) is 0 Å². The van der Waals surface area contributed by atoms with E-state index >= 15 is 0 Å². The van der Waals surface area contributed by atoms with Gasteiger partial charge in [-0.2, -0.15) is 16.5 Å². The Morgan fingerprint density at radius 1 is 1.24 bits per heavy atom. The molecule has 0 saturated carbocycles. The van der Waals surface area contributed by atoms with Crippen LogP contribution >= 0.6 is 24.2 Å². The molecule has 25 heavy (non-hydrogen) atoms. The number of thioether (sulfide) groups is 1. The van der Waals surface area contributed by atoms with Crippen molar-refractivity contribution < 1.29 is 13.2 Å². The second-order valence-corrected chi connectivity index (χ2v) is 8.40. The fraction of sp³-hybridized carbons (Fsp3) is 0.562. The lowest BCUT2D eigenvalue weighted by molar-refractivity contribution is -0.122. The number of amides is 1. The number of hydrogen-bond acceptors (Lipinski definition) is 5. The first kappa shape index (κ1) is 24.2. The SMILES string of the molecule is CNC(C)CNC(=O)C(CCSC)NS(=O)(=O)c1ccc(C)cc1.Cl. The second kappa shape index (κ2) is 11.7. The number of likely N-dealkylation sites (N-methyl/N-ethyl adjacent to an activating group) is 1. The third-order valence-corrected chi connectivity index (χ3v) is 5.76. The third kappa shape index (κ3) is 8.42. The molecule has 0 spiro atoms. The number of sulfonamides is 1. The van der Waals surface area contributed by atoms with Crippen molar-refractivity contribution in [2.45, 2.75) is 37.2 Å². The summed E-state index contributed by atoms with van der Waals surface area (Å²) in [5.74, 6) is 0.387. The summed E-state index contributed by atoms with van der Waals surface area (Å²) in [7, 11) is -1.92. The number of carbonyl (C=O) groups excluding carboxylic acids is 1. The Morgan fingerprint density at radius 3 is 2.36 bits per heavy atom. The van der Waals surface area contributed by atoms with Crippen LogP contribution in [0.2, 0.25) is 0 Å². The summed E-state index contributed by atoms with van der Waals surface area (Å²) < 4.78 is 27.5. The summed E-state index contributed by atoms with van der Waals surface area (Å²) in [5, 5.41) is 5.81. The number of carbonyl (C=O) groups is 1. The highest BCUT2D eigenvalue weighted by Gasteiger charge is 2.25. The van der Waals surface area contributed by atoms with Crippen molar-refractivity contribution in [1.29, 1.82) is 0 Å². The summed E-state index contributed by atoms with van der Waals surface area (Å²) >= 11 is 1.57. The molecule has 0 heterocycles. The van der Waals surface area contributed by atoms with E-state index in [0.29, 0.717) is 18.7 Å². The number of nitrogens with one attached hydrogen (secondary N) is 3. The summed E-state index contributed by atoms with van der Waals surface area (Å²) in [6.07, 6.45) is 2.36. The van der Waals surface area contributed by atoms with Crippen molar-refractivity contribution in [3.8, 4) is 0 Å². The van der Waals surface area contributed by atoms with Gasteiger partial charge in [0.15, 0.2) is 0 Å². The Labute approximate surface area is 161 Å². The minimum Gasteiger partial charge on any atom is -0.353 e. The minimum absolute atomic E-state index is 0. The van der Waals surface area contributed by atoms with Gasteiger partial charge >= 0.3 is 0 Å². The van der Waals surface area contributed by atoms with E-state index in [1.807, 2.05) is 27.2 Å². The lowest BCUT2D eigenvalue weighted by Gasteiger charge is -2.19. The van der Waals surface area contributed by atoms with E-state index in [-0.39, 0.29) is 29.3 Å². The fourth-order valence-corrected chi connectivity index (χ4v) is 3.63. The van der Waals surface area contributed by atoms with E-state index in [0.717, 1.165) is 5.56 Å². The van der Waals surface area contributed by atoms with E-state index < -0.39 is 16.1 Å². The average Bonchev–Trinajstić information content (AvgIpc) is 2.56. The molecular weight excluding hydrogens is 382 g/mol. The van der Waals surface area contributed by atoms with Gasteiger partial charge in [-0.25, -0.2) is 8.42 Å². The molecule has 0 fully saturated rings. The van der Waals surface area contributed by atoms with E-state index in [9.17, 15) is 13.2 Å². The highest BCUT2D eigenvalue weighted by molar-refractivity contribution is 7.98. The second-order valence-electron chi connectivity index (χ2n) is 5.70. The molecule has 0 saturated heterocycles. The van der Waals surface area contributed by atoms with Crippen molar-refractivity contribution >= 4 is 40.1 Å². The molecule has 0 aliphatic carbocycles. The topological polar surface area (TPSA) is 87.3 Å². The molecule has 0 aliphatic heterocycles. The molecule has 2 atom stereocenters. The van der Waals surface area contributed by atoms with Gasteiger partial charge in [-0.05, 0) is 51.5 Å². The van der Waals surface area contributed by atoms with Gasteiger partial charge in [0.25, 0.3) is 0 Å². The van der Waals surface area contributed by atoms with Gasteiger partial charge in [0.1, 0.15) is 6.04 Å². The molecule has 0 radical (unpaired) electrons. The molecule has 1 rings (SSSR count). The van der Waals surface area contributed by atoms with E-state index in [1.54, 1.807) is 36.0 Å². The quantitative estimate of drug-likeness (QED) is 0.545. The molecular formula is C16H28ClN3O3S2. The maximum Gasteiger partial charge on any atom is 0.241 e. The smallest absolute Gasteiger partial charge is 0.241 e. The molecule has 0 aliphatic rings. The predicted molar refractivity (Wildman–Crippen MR) is 107 cm³/mol. The monoisotopic (exact) mass is 409 g/mol. The van der Waals surface area contributed by atoms with E-state index in [1.165, 1.54) is 0 Å². The normalized spacial score (nSPS) is 13.6. The maximum absolute atomic E-state index is 12.5. The van der Waals surface area contributed by atoms with Crippen molar-refractivity contribution in [2.24, 2.45) is 0 Å². The van der Waals surface area contributed by atoms with Crippen LogP contribution in [0.1, 0.15) is 18.9 Å². The molecule has 144 valence electrons. The largest absolute Gasteiger partial charge is 0.353 e. The van der Waals surface area contributed by atoms with Crippen LogP contribution in [0.5, 0.6) is 0 Å². The zero-order chi connectivity index (χ0) is 18.2. The predicted octanol–water partition coefficient (Wildman–Crippen LogP) is 1.54. The van der Waals surface area contributed by atoms with Gasteiger partial charge in [-0.1, -0.05) is 17.7 Å². The van der Waals surface area contributed by atoms with Crippen molar-refractivity contribution in [3.05, 3.63) is 29.8 Å². The molecule has 0 aromatic heterocycles. The first-order chi connectivity index (χ1) is 11.3. The van der Waals surface area contributed by atoms with E-state index in [2.05, 4.69) is 15.4 Å². The summed E-state index contributed by atoms with van der Waals surface area (Å²) in [5.41, 5.74) is 0.978. The number of benzene rings is 1. The first-order valence-electron chi connectivity index (χ1n) is 7.83. The Hall–Kier alpha value is -0.800. The Kier molecular flexibility index (Phi) is 11.4. The summed E-state index contributed by atoms with van der Waals surface area (Å²) in [6, 6.07) is 5.89. The molecule has 1 aromatic carbocycles. The van der Waals surface area contributed by atoms with Gasteiger partial charge in [0.2, 0.25) is 15.9 Å². The average molecular weight is 410 g/mol. The van der Waals surface area contributed by atoms with Crippen LogP contribution in [-0.2, 0) is 14.8 Å². The first-order valence-corrected chi connectivity index (χ1v) is 10.7. The summed E-state index contributed by atoms with van der Waals surface area (Å²) in [6.45, 7) is 4.27. The molecule has 0 bridgehead atoms. The maximum atomic E-state index is 12.5. The van der Waals surface area contributed by atoms with Gasteiger partial charge in [0.05, 0.1) is 4.90 Å².